The van der Waals surface area contributed by atoms with Crippen molar-refractivity contribution in [3.63, 3.8) is 0 Å². The summed E-state index contributed by atoms with van der Waals surface area (Å²) in [5.41, 5.74) is 1.37. The van der Waals surface area contributed by atoms with E-state index in [2.05, 4.69) is 81.5 Å². The van der Waals surface area contributed by atoms with E-state index >= 15 is 0 Å². The van der Waals surface area contributed by atoms with Crippen molar-refractivity contribution in [2.45, 2.75) is 45.7 Å². The smallest absolute Gasteiger partial charge is 0.213 e. The van der Waals surface area contributed by atoms with Gasteiger partial charge in [-0.1, -0.05) is 51.1 Å². The fraction of sp³-hybridized carbons (Fsp3) is 0.583. The molecule has 0 radical (unpaired) electrons. The molecule has 31 heavy (non-hydrogen) atoms. The molecular weight excluding hydrogens is 388 g/mol. The highest BCUT2D eigenvalue weighted by Crippen LogP contribution is 2.22. The summed E-state index contributed by atoms with van der Waals surface area (Å²) in [6.07, 6.45) is 2.90. The van der Waals surface area contributed by atoms with E-state index in [9.17, 15) is 0 Å². The number of rotatable bonds is 8. The Bertz CT molecular complexity index is 803. The maximum absolute atomic E-state index is 5.83. The first-order valence-corrected chi connectivity index (χ1v) is 11.3. The highest BCUT2D eigenvalue weighted by molar-refractivity contribution is 5.79. The van der Waals surface area contributed by atoms with Crippen LogP contribution in [-0.4, -0.2) is 67.1 Å². The van der Waals surface area contributed by atoms with E-state index in [1.807, 2.05) is 6.20 Å². The van der Waals surface area contributed by atoms with Crippen LogP contribution < -0.4 is 10.6 Å². The Morgan fingerprint density at radius 3 is 2.42 bits per heavy atom. The van der Waals surface area contributed by atoms with Crippen molar-refractivity contribution in [2.24, 2.45) is 4.99 Å². The molecule has 2 heterocycles. The zero-order chi connectivity index (χ0) is 22.1. The van der Waals surface area contributed by atoms with Crippen LogP contribution in [0.1, 0.15) is 44.4 Å². The number of hydrogen-bond donors (Lipinski definition) is 2. The van der Waals surface area contributed by atoms with E-state index < -0.39 is 0 Å². The first kappa shape index (κ1) is 23.3. The molecule has 1 aliphatic heterocycles. The molecule has 0 bridgehead atoms. The summed E-state index contributed by atoms with van der Waals surface area (Å²) in [7, 11) is 1.79. The molecule has 3 rings (SSSR count). The number of oxazole rings is 1. The van der Waals surface area contributed by atoms with Gasteiger partial charge in [-0.2, -0.15) is 0 Å². The Hall–Kier alpha value is -2.38. The average Bonchev–Trinajstić information content (AvgIpc) is 3.25. The largest absolute Gasteiger partial charge is 0.443 e. The first-order chi connectivity index (χ1) is 14.9. The Kier molecular flexibility index (Phi) is 8.49. The fourth-order valence-electron chi connectivity index (χ4n) is 3.64. The average molecular weight is 427 g/mol. The van der Waals surface area contributed by atoms with Crippen LogP contribution >= 0.6 is 0 Å². The van der Waals surface area contributed by atoms with Gasteiger partial charge in [0.2, 0.25) is 5.89 Å². The molecule has 7 nitrogen and oxygen atoms in total. The summed E-state index contributed by atoms with van der Waals surface area (Å²) in [4.78, 5) is 13.8. The van der Waals surface area contributed by atoms with Crippen molar-refractivity contribution in [1.29, 1.82) is 0 Å². The van der Waals surface area contributed by atoms with Crippen molar-refractivity contribution in [3.05, 3.63) is 53.7 Å². The summed E-state index contributed by atoms with van der Waals surface area (Å²) < 4.78 is 5.83. The van der Waals surface area contributed by atoms with Gasteiger partial charge in [-0.3, -0.25) is 9.89 Å². The van der Waals surface area contributed by atoms with Gasteiger partial charge in [0.1, 0.15) is 5.76 Å². The maximum Gasteiger partial charge on any atom is 0.213 e. The normalized spacial score (nSPS) is 16.5. The molecule has 0 atom stereocenters. The van der Waals surface area contributed by atoms with Gasteiger partial charge in [0.25, 0.3) is 0 Å². The zero-order valence-electron chi connectivity index (χ0n) is 19.5. The van der Waals surface area contributed by atoms with Crippen LogP contribution in [0.4, 0.5) is 0 Å². The number of nitrogens with one attached hydrogen (secondary N) is 2. The van der Waals surface area contributed by atoms with Gasteiger partial charge in [0.15, 0.2) is 5.96 Å². The number of hydrogen-bond acceptors (Lipinski definition) is 5. The Morgan fingerprint density at radius 1 is 1.06 bits per heavy atom. The van der Waals surface area contributed by atoms with Gasteiger partial charge in [-0.25, -0.2) is 4.98 Å². The van der Waals surface area contributed by atoms with E-state index in [4.69, 9.17) is 4.42 Å². The van der Waals surface area contributed by atoms with Gasteiger partial charge in [-0.05, 0) is 18.5 Å². The number of benzene rings is 1. The molecule has 0 saturated carbocycles. The predicted molar refractivity (Wildman–Crippen MR) is 126 cm³/mol. The number of aliphatic imine (C=N–C) groups is 1. The minimum absolute atomic E-state index is 0.0296. The Labute approximate surface area is 186 Å². The van der Waals surface area contributed by atoms with E-state index in [0.717, 1.165) is 64.0 Å². The topological polar surface area (TPSA) is 68.9 Å². The van der Waals surface area contributed by atoms with Crippen LogP contribution in [0.5, 0.6) is 0 Å². The van der Waals surface area contributed by atoms with Crippen molar-refractivity contribution in [2.75, 3.05) is 46.3 Å². The first-order valence-electron chi connectivity index (χ1n) is 11.3. The molecule has 1 saturated heterocycles. The molecule has 170 valence electrons. The lowest BCUT2D eigenvalue weighted by molar-refractivity contribution is 0.126. The molecule has 0 unspecified atom stereocenters. The Balaban J connectivity index is 1.29. The van der Waals surface area contributed by atoms with E-state index in [0.29, 0.717) is 12.4 Å². The van der Waals surface area contributed by atoms with Crippen molar-refractivity contribution in [1.82, 2.24) is 25.4 Å². The van der Waals surface area contributed by atoms with Crippen LogP contribution in [0, 0.1) is 0 Å². The maximum atomic E-state index is 5.83. The molecule has 0 aliphatic carbocycles. The molecule has 2 aromatic rings. The monoisotopic (exact) mass is 426 g/mol. The Morgan fingerprint density at radius 2 is 1.77 bits per heavy atom. The van der Waals surface area contributed by atoms with Gasteiger partial charge in [-0.15, -0.1) is 0 Å². The SMILES string of the molecule is CN=C(NCCCN1CCN(Cc2ccccc2)CC1)NCc1ncc(C(C)(C)C)o1. The predicted octanol–water partition coefficient (Wildman–Crippen LogP) is 2.85. The van der Waals surface area contributed by atoms with Crippen LogP contribution in [-0.2, 0) is 18.5 Å². The van der Waals surface area contributed by atoms with E-state index in [1.165, 1.54) is 5.56 Å². The quantitative estimate of drug-likeness (QED) is 0.384. The highest BCUT2D eigenvalue weighted by atomic mass is 16.4. The van der Waals surface area contributed by atoms with Crippen molar-refractivity contribution in [3.8, 4) is 0 Å². The molecule has 1 aromatic carbocycles. The molecular formula is C24H38N6O. The standard InChI is InChI=1S/C24H38N6O/c1-24(2,3)21-17-27-22(31-21)18-28-23(25-4)26-11-8-12-29-13-15-30(16-14-29)19-20-9-6-5-7-10-20/h5-7,9-10,17H,8,11-16,18-19H2,1-4H3,(H2,25,26,28). The summed E-state index contributed by atoms with van der Waals surface area (Å²) in [5, 5.41) is 6.67. The second kappa shape index (κ2) is 11.3. The molecule has 1 fully saturated rings. The minimum Gasteiger partial charge on any atom is -0.443 e. The second-order valence-corrected chi connectivity index (χ2v) is 9.18. The van der Waals surface area contributed by atoms with Gasteiger partial charge < -0.3 is 20.0 Å². The van der Waals surface area contributed by atoms with E-state index in [1.54, 1.807) is 7.05 Å². The summed E-state index contributed by atoms with van der Waals surface area (Å²) in [5.74, 6) is 2.36. The minimum atomic E-state index is -0.0296. The third-order valence-electron chi connectivity index (χ3n) is 5.58. The number of piperazine rings is 1. The highest BCUT2D eigenvalue weighted by Gasteiger charge is 2.19. The fourth-order valence-corrected chi connectivity index (χ4v) is 3.64. The third-order valence-corrected chi connectivity index (χ3v) is 5.58. The van der Waals surface area contributed by atoms with Crippen molar-refractivity contribution < 1.29 is 4.42 Å². The zero-order valence-corrected chi connectivity index (χ0v) is 19.5. The summed E-state index contributed by atoms with van der Waals surface area (Å²) in [6, 6.07) is 10.7. The lowest BCUT2D eigenvalue weighted by Gasteiger charge is -2.34. The van der Waals surface area contributed by atoms with Gasteiger partial charge >= 0.3 is 0 Å². The third kappa shape index (κ3) is 7.67. The molecule has 1 aromatic heterocycles. The number of aromatic nitrogens is 1. The van der Waals surface area contributed by atoms with Crippen LogP contribution in [0.3, 0.4) is 0 Å². The lowest BCUT2D eigenvalue weighted by Crippen LogP contribution is -2.46. The molecule has 0 amide bonds. The van der Waals surface area contributed by atoms with Crippen LogP contribution in [0.2, 0.25) is 0 Å². The summed E-state index contributed by atoms with van der Waals surface area (Å²) >= 11 is 0. The van der Waals surface area contributed by atoms with Crippen LogP contribution in [0.15, 0.2) is 45.9 Å². The second-order valence-electron chi connectivity index (χ2n) is 9.18. The molecule has 1 aliphatic rings. The summed E-state index contributed by atoms with van der Waals surface area (Å²) in [6.45, 7) is 14.5. The lowest BCUT2D eigenvalue weighted by atomic mass is 9.94. The number of guanidine groups is 1. The van der Waals surface area contributed by atoms with Gasteiger partial charge in [0.05, 0.1) is 12.7 Å². The van der Waals surface area contributed by atoms with E-state index in [-0.39, 0.29) is 5.41 Å². The van der Waals surface area contributed by atoms with Crippen molar-refractivity contribution >= 4 is 5.96 Å². The number of nitrogens with zero attached hydrogens (tertiary/aromatic N) is 4. The molecule has 0 spiro atoms. The molecule has 2 N–H and O–H groups in total. The molecule has 7 heteroatoms. The van der Waals surface area contributed by atoms with Crippen LogP contribution in [0.25, 0.3) is 0 Å². The van der Waals surface area contributed by atoms with Gasteiger partial charge in [0, 0.05) is 51.7 Å².